The molecule has 0 bridgehead atoms. The molecule has 0 aliphatic rings. The molecule has 0 fully saturated rings. The largest absolute Gasteiger partial charge is 0.418 e. The van der Waals surface area contributed by atoms with E-state index in [0.717, 1.165) is 17.4 Å². The van der Waals surface area contributed by atoms with Crippen molar-refractivity contribution >= 4 is 28.8 Å². The molecule has 0 amide bonds. The van der Waals surface area contributed by atoms with E-state index in [1.54, 1.807) is 13.0 Å². The molecule has 146 valence electrons. The summed E-state index contributed by atoms with van der Waals surface area (Å²) in [5.74, 6) is 0.571. The van der Waals surface area contributed by atoms with E-state index >= 15 is 0 Å². The number of aromatic nitrogens is 2. The van der Waals surface area contributed by atoms with Gasteiger partial charge in [-0.15, -0.1) is 0 Å². The second-order valence-corrected chi connectivity index (χ2v) is 6.45. The Morgan fingerprint density at radius 3 is 2.21 bits per heavy atom. The van der Waals surface area contributed by atoms with Crippen molar-refractivity contribution in [3.8, 4) is 0 Å². The molecule has 2 N–H and O–H groups in total. The van der Waals surface area contributed by atoms with Gasteiger partial charge in [0.1, 0.15) is 5.82 Å². The summed E-state index contributed by atoms with van der Waals surface area (Å²) in [6, 6.07) is 14.7. The zero-order chi connectivity index (χ0) is 20.3. The van der Waals surface area contributed by atoms with Gasteiger partial charge in [-0.05, 0) is 43.3 Å². The first kappa shape index (κ1) is 19.5. The summed E-state index contributed by atoms with van der Waals surface area (Å²) >= 11 is 0. The SMILES string of the molecule is Cc1cc(Nc2ccc(N(C)C)cc2)nc(Nc2ccccc2C(F)(F)F)n1. The standard InChI is InChI=1S/C20H20F3N5/c1-13-12-18(25-14-8-10-15(11-9-14)28(2)3)27-19(24-13)26-17-7-5-4-6-16(17)20(21,22)23/h4-12H,1-3H3,(H2,24,25,26,27). The van der Waals surface area contributed by atoms with Crippen LogP contribution in [0.3, 0.4) is 0 Å². The maximum atomic E-state index is 13.2. The molecule has 0 aliphatic heterocycles. The lowest BCUT2D eigenvalue weighted by Gasteiger charge is -2.15. The Balaban J connectivity index is 1.84. The van der Waals surface area contributed by atoms with E-state index in [4.69, 9.17) is 0 Å². The molecule has 1 aromatic heterocycles. The molecule has 3 aromatic rings. The Morgan fingerprint density at radius 1 is 0.893 bits per heavy atom. The van der Waals surface area contributed by atoms with Gasteiger partial charge in [-0.3, -0.25) is 0 Å². The Morgan fingerprint density at radius 2 is 1.57 bits per heavy atom. The first-order valence-corrected chi connectivity index (χ1v) is 8.56. The normalized spacial score (nSPS) is 11.2. The van der Waals surface area contributed by atoms with E-state index in [0.29, 0.717) is 11.5 Å². The molecule has 0 atom stereocenters. The van der Waals surface area contributed by atoms with E-state index in [1.165, 1.54) is 18.2 Å². The number of alkyl halides is 3. The van der Waals surface area contributed by atoms with E-state index < -0.39 is 11.7 Å². The van der Waals surface area contributed by atoms with E-state index in [-0.39, 0.29) is 11.6 Å². The minimum atomic E-state index is -4.47. The Labute approximate surface area is 161 Å². The highest BCUT2D eigenvalue weighted by Gasteiger charge is 2.33. The van der Waals surface area contributed by atoms with Crippen LogP contribution < -0.4 is 15.5 Å². The average Bonchev–Trinajstić information content (AvgIpc) is 2.61. The highest BCUT2D eigenvalue weighted by molar-refractivity contribution is 5.64. The molecule has 2 aromatic carbocycles. The number of aryl methyl sites for hydroxylation is 1. The lowest BCUT2D eigenvalue weighted by atomic mass is 10.1. The van der Waals surface area contributed by atoms with E-state index in [9.17, 15) is 13.2 Å². The van der Waals surface area contributed by atoms with Crippen LogP contribution in [0.1, 0.15) is 11.3 Å². The zero-order valence-corrected chi connectivity index (χ0v) is 15.7. The Hall–Kier alpha value is -3.29. The summed E-state index contributed by atoms with van der Waals surface area (Å²) in [6.07, 6.45) is -4.47. The number of nitrogens with zero attached hydrogens (tertiary/aromatic N) is 3. The summed E-state index contributed by atoms with van der Waals surface area (Å²) in [5, 5.41) is 5.83. The topological polar surface area (TPSA) is 53.1 Å². The van der Waals surface area contributed by atoms with Crippen molar-refractivity contribution in [2.24, 2.45) is 0 Å². The minimum absolute atomic E-state index is 0.0871. The summed E-state index contributed by atoms with van der Waals surface area (Å²) in [4.78, 5) is 10.5. The first-order chi connectivity index (χ1) is 13.2. The van der Waals surface area contributed by atoms with Gasteiger partial charge in [0.15, 0.2) is 0 Å². The number of anilines is 5. The molecule has 8 heteroatoms. The van der Waals surface area contributed by atoms with Crippen LogP contribution in [0.5, 0.6) is 0 Å². The molecule has 0 spiro atoms. The zero-order valence-electron chi connectivity index (χ0n) is 15.7. The number of nitrogens with one attached hydrogen (secondary N) is 2. The van der Waals surface area contributed by atoms with Gasteiger partial charge in [0.05, 0.1) is 11.3 Å². The number of halogens is 3. The summed E-state index contributed by atoms with van der Waals surface area (Å²) < 4.78 is 39.6. The molecule has 1 heterocycles. The molecule has 3 rings (SSSR count). The number of hydrogen-bond donors (Lipinski definition) is 2. The number of rotatable bonds is 5. The lowest BCUT2D eigenvalue weighted by Crippen LogP contribution is -2.10. The molecular formula is C20H20F3N5. The maximum Gasteiger partial charge on any atom is 0.418 e. The van der Waals surface area contributed by atoms with Crippen molar-refractivity contribution in [2.75, 3.05) is 29.6 Å². The van der Waals surface area contributed by atoms with Crippen molar-refractivity contribution < 1.29 is 13.2 Å². The maximum absolute atomic E-state index is 13.2. The van der Waals surface area contributed by atoms with Crippen LogP contribution in [-0.2, 0) is 6.18 Å². The molecule has 0 unspecified atom stereocenters. The van der Waals surface area contributed by atoms with Crippen molar-refractivity contribution in [3.63, 3.8) is 0 Å². The summed E-state index contributed by atoms with van der Waals surface area (Å²) in [6.45, 7) is 1.75. The fourth-order valence-corrected chi connectivity index (χ4v) is 2.64. The third-order valence-electron chi connectivity index (χ3n) is 3.99. The number of hydrogen-bond acceptors (Lipinski definition) is 5. The second kappa shape index (κ2) is 7.75. The van der Waals surface area contributed by atoms with Gasteiger partial charge in [0, 0.05) is 37.2 Å². The van der Waals surface area contributed by atoms with Gasteiger partial charge in [-0.25, -0.2) is 4.98 Å². The van der Waals surface area contributed by atoms with Crippen molar-refractivity contribution in [2.45, 2.75) is 13.1 Å². The van der Waals surface area contributed by atoms with Crippen LogP contribution in [0, 0.1) is 6.92 Å². The van der Waals surface area contributed by atoms with Gasteiger partial charge in [-0.2, -0.15) is 18.2 Å². The van der Waals surface area contributed by atoms with Gasteiger partial charge >= 0.3 is 6.18 Å². The molecule has 28 heavy (non-hydrogen) atoms. The van der Waals surface area contributed by atoms with Crippen molar-refractivity contribution in [1.29, 1.82) is 0 Å². The van der Waals surface area contributed by atoms with E-state index in [1.807, 2.05) is 43.3 Å². The van der Waals surface area contributed by atoms with Crippen LogP contribution in [0.4, 0.5) is 42.0 Å². The van der Waals surface area contributed by atoms with Gasteiger partial charge < -0.3 is 15.5 Å². The fraction of sp³-hybridized carbons (Fsp3) is 0.200. The number of benzene rings is 2. The van der Waals surface area contributed by atoms with Crippen molar-refractivity contribution in [3.05, 3.63) is 65.9 Å². The molecule has 0 saturated heterocycles. The van der Waals surface area contributed by atoms with Crippen LogP contribution >= 0.6 is 0 Å². The smallest absolute Gasteiger partial charge is 0.378 e. The highest BCUT2D eigenvalue weighted by atomic mass is 19.4. The monoisotopic (exact) mass is 387 g/mol. The second-order valence-electron chi connectivity index (χ2n) is 6.45. The van der Waals surface area contributed by atoms with Gasteiger partial charge in [0.25, 0.3) is 0 Å². The molecular weight excluding hydrogens is 367 g/mol. The van der Waals surface area contributed by atoms with Crippen LogP contribution in [0.15, 0.2) is 54.6 Å². The van der Waals surface area contributed by atoms with Crippen LogP contribution in [-0.4, -0.2) is 24.1 Å². The van der Waals surface area contributed by atoms with Gasteiger partial charge in [0.2, 0.25) is 5.95 Å². The quantitative estimate of drug-likeness (QED) is 0.618. The average molecular weight is 387 g/mol. The van der Waals surface area contributed by atoms with Crippen LogP contribution in [0.2, 0.25) is 0 Å². The Kier molecular flexibility index (Phi) is 5.39. The molecule has 0 aliphatic carbocycles. The Bertz CT molecular complexity index is 953. The highest BCUT2D eigenvalue weighted by Crippen LogP contribution is 2.35. The third kappa shape index (κ3) is 4.70. The van der Waals surface area contributed by atoms with Crippen molar-refractivity contribution in [1.82, 2.24) is 9.97 Å². The van der Waals surface area contributed by atoms with Gasteiger partial charge in [-0.1, -0.05) is 12.1 Å². The minimum Gasteiger partial charge on any atom is -0.378 e. The molecule has 0 saturated carbocycles. The lowest BCUT2D eigenvalue weighted by molar-refractivity contribution is -0.136. The molecule has 5 nitrogen and oxygen atoms in total. The number of para-hydroxylation sites is 1. The van der Waals surface area contributed by atoms with E-state index in [2.05, 4.69) is 20.6 Å². The van der Waals surface area contributed by atoms with Crippen LogP contribution in [0.25, 0.3) is 0 Å². The summed E-state index contributed by atoms with van der Waals surface area (Å²) in [5.41, 5.74) is 1.62. The fourth-order valence-electron chi connectivity index (χ4n) is 2.64. The predicted molar refractivity (Wildman–Crippen MR) is 106 cm³/mol. The molecule has 0 radical (unpaired) electrons. The first-order valence-electron chi connectivity index (χ1n) is 8.56. The third-order valence-corrected chi connectivity index (χ3v) is 3.99. The summed E-state index contributed by atoms with van der Waals surface area (Å²) in [7, 11) is 3.90. The predicted octanol–water partition coefficient (Wildman–Crippen LogP) is 5.36.